The quantitative estimate of drug-likeness (QED) is 0.200. The van der Waals surface area contributed by atoms with Gasteiger partial charge in [-0.15, -0.1) is 0 Å². The molecule has 2 aromatic rings. The van der Waals surface area contributed by atoms with Crippen molar-refractivity contribution in [2.75, 3.05) is 28.4 Å². The first-order valence-electron chi connectivity index (χ1n) is 11.7. The predicted molar refractivity (Wildman–Crippen MR) is 143 cm³/mol. The Morgan fingerprint density at radius 1 is 0.711 bits per heavy atom. The van der Waals surface area contributed by atoms with Crippen LogP contribution in [0.4, 0.5) is 11.4 Å². The van der Waals surface area contributed by atoms with Crippen LogP contribution >= 0.6 is 7.21 Å². The first-order valence-corrected chi connectivity index (χ1v) is 14.2. The maximum atomic E-state index is 12.4. The summed E-state index contributed by atoms with van der Waals surface area (Å²) in [4.78, 5) is 47.5. The van der Waals surface area contributed by atoms with Gasteiger partial charge in [0.25, 0.3) is 0 Å². The molecule has 14 heteroatoms. The number of nitro benzene ring substituents is 2. The van der Waals surface area contributed by atoms with Gasteiger partial charge in [0.1, 0.15) is 0 Å². The van der Waals surface area contributed by atoms with E-state index in [1.54, 1.807) is 27.7 Å². The van der Waals surface area contributed by atoms with Crippen molar-refractivity contribution in [3.63, 3.8) is 0 Å². The summed E-state index contributed by atoms with van der Waals surface area (Å²) in [5.41, 5.74) is -0.863. The van der Waals surface area contributed by atoms with Crippen molar-refractivity contribution in [1.29, 1.82) is 0 Å². The molecule has 38 heavy (non-hydrogen) atoms. The van der Waals surface area contributed by atoms with E-state index in [9.17, 15) is 30.0 Å². The molecule has 0 aliphatic rings. The Bertz CT molecular complexity index is 1110. The Morgan fingerprint density at radius 2 is 1.00 bits per heavy atom. The van der Waals surface area contributed by atoms with Gasteiger partial charge in [0, 0.05) is 0 Å². The second-order valence-electron chi connectivity index (χ2n) is 9.41. The van der Waals surface area contributed by atoms with Crippen LogP contribution in [0.25, 0.3) is 0 Å². The van der Waals surface area contributed by atoms with E-state index in [4.69, 9.17) is 18.9 Å². The van der Waals surface area contributed by atoms with Gasteiger partial charge in [-0.2, -0.15) is 0 Å². The Morgan fingerprint density at radius 3 is 1.24 bits per heavy atom. The number of rotatable bonds is 13. The fourth-order valence-corrected chi connectivity index (χ4v) is 9.47. The third-order valence-corrected chi connectivity index (χ3v) is 10.1. The van der Waals surface area contributed by atoms with Gasteiger partial charge in [-0.3, -0.25) is 0 Å². The topological polar surface area (TPSA) is 167 Å². The maximum absolute atomic E-state index is 12.4. The molecule has 0 radical (unpaired) electrons. The summed E-state index contributed by atoms with van der Waals surface area (Å²) in [7, 11) is 0.113. The molecule has 0 aliphatic heterocycles. The number of hydrogen-bond acceptors (Lipinski definition) is 11. The molecule has 0 spiro atoms. The number of ether oxygens (including phenoxy) is 4. The molecule has 0 aliphatic carbocycles. The number of hydrogen-bond donors (Lipinski definition) is 2. The van der Waals surface area contributed by atoms with E-state index in [0.717, 1.165) is 12.1 Å². The Labute approximate surface area is 221 Å². The van der Waals surface area contributed by atoms with Crippen molar-refractivity contribution >= 4 is 18.6 Å². The van der Waals surface area contributed by atoms with Crippen LogP contribution in [0.5, 0.6) is 23.0 Å². The minimum atomic E-state index is -5.25. The third-order valence-electron chi connectivity index (χ3n) is 6.14. The average Bonchev–Trinajstić information content (AvgIpc) is 2.81. The zero-order valence-corrected chi connectivity index (χ0v) is 23.7. The third kappa shape index (κ3) is 6.24. The number of benzene rings is 2. The molecule has 2 aromatic carbocycles. The summed E-state index contributed by atoms with van der Waals surface area (Å²) in [6, 6.07) is 4.07. The molecule has 212 valence electrons. The Balaban J connectivity index is 2.91. The Hall–Kier alpha value is -3.25. The van der Waals surface area contributed by atoms with Gasteiger partial charge in [-0.1, -0.05) is 0 Å². The number of methoxy groups -OCH3 is 4. The molecule has 0 heterocycles. The van der Waals surface area contributed by atoms with Crippen molar-refractivity contribution in [3.8, 4) is 23.0 Å². The summed E-state index contributed by atoms with van der Waals surface area (Å²) in [5.74, 6) is 0.507. The van der Waals surface area contributed by atoms with Gasteiger partial charge < -0.3 is 0 Å². The molecule has 0 fully saturated rings. The Kier molecular flexibility index (Phi) is 9.49. The zero-order valence-electron chi connectivity index (χ0n) is 22.8. The summed E-state index contributed by atoms with van der Waals surface area (Å²) < 4.78 is 22.5. The summed E-state index contributed by atoms with van der Waals surface area (Å²) in [5, 5.41) is 24.0. The van der Waals surface area contributed by atoms with Gasteiger partial charge in [0.05, 0.1) is 0 Å². The standard InChI is InChI=1S/C24H36N3O10P/c1-15(2)25(16(3)4)38(32,33,13-17-9-21(34-5)23(36-7)11-19(17)26(28)29)14-18-10-22(35-6)24(37-8)12-20(18)27(30)31/h9-12,15-16,32-33H,13-14H2,1-8H3. The van der Waals surface area contributed by atoms with Crippen LogP contribution in [-0.2, 0) is 12.3 Å². The van der Waals surface area contributed by atoms with E-state index in [1.165, 1.54) is 45.2 Å². The van der Waals surface area contributed by atoms with Gasteiger partial charge in [0.2, 0.25) is 0 Å². The van der Waals surface area contributed by atoms with Crippen LogP contribution in [0.15, 0.2) is 24.3 Å². The fraction of sp³-hybridized carbons (Fsp3) is 0.500. The van der Waals surface area contributed by atoms with Gasteiger partial charge >= 0.3 is 221 Å². The fourth-order valence-electron chi connectivity index (χ4n) is 4.99. The van der Waals surface area contributed by atoms with E-state index in [2.05, 4.69) is 0 Å². The van der Waals surface area contributed by atoms with Crippen molar-refractivity contribution in [2.45, 2.75) is 52.1 Å². The minimum absolute atomic E-state index is 0.0234. The van der Waals surface area contributed by atoms with E-state index in [1.807, 2.05) is 0 Å². The monoisotopic (exact) mass is 557 g/mol. The van der Waals surface area contributed by atoms with Gasteiger partial charge in [-0.05, 0) is 0 Å². The summed E-state index contributed by atoms with van der Waals surface area (Å²) in [6.07, 6.45) is -1.16. The summed E-state index contributed by atoms with van der Waals surface area (Å²) >= 11 is 0. The SMILES string of the molecule is COc1cc(CP(O)(O)(Cc2cc(OC)c(OC)cc2[N+](=O)[O-])N(C(C)C)C(C)C)c([N+](=O)[O-])cc1OC. The first-order chi connectivity index (χ1) is 17.6. The van der Waals surface area contributed by atoms with E-state index in [-0.39, 0.29) is 34.1 Å². The predicted octanol–water partition coefficient (Wildman–Crippen LogP) is 4.64. The molecule has 2 N–H and O–H groups in total. The average molecular weight is 558 g/mol. The van der Waals surface area contributed by atoms with Crippen LogP contribution < -0.4 is 18.9 Å². The molecule has 0 bridgehead atoms. The van der Waals surface area contributed by atoms with Gasteiger partial charge in [0.15, 0.2) is 0 Å². The van der Waals surface area contributed by atoms with Crippen LogP contribution in [0.1, 0.15) is 38.8 Å². The molecular weight excluding hydrogens is 521 g/mol. The van der Waals surface area contributed by atoms with Crippen molar-refractivity contribution in [3.05, 3.63) is 55.6 Å². The molecule has 0 atom stereocenters. The van der Waals surface area contributed by atoms with Crippen LogP contribution in [-0.4, -0.2) is 64.8 Å². The molecule has 2 rings (SSSR count). The zero-order chi connectivity index (χ0) is 29.0. The van der Waals surface area contributed by atoms with Crippen LogP contribution in [0.3, 0.4) is 0 Å². The summed E-state index contributed by atoms with van der Waals surface area (Å²) in [6.45, 7) is 7.00. The molecule has 0 amide bonds. The van der Waals surface area contributed by atoms with Crippen molar-refractivity contribution in [2.24, 2.45) is 0 Å². The molecule has 0 unspecified atom stereocenters. The molecule has 0 saturated carbocycles. The second-order valence-corrected chi connectivity index (χ2v) is 13.2. The molecule has 0 saturated heterocycles. The van der Waals surface area contributed by atoms with E-state index < -0.39 is 52.8 Å². The molecule has 13 nitrogen and oxygen atoms in total. The van der Waals surface area contributed by atoms with Crippen molar-refractivity contribution in [1.82, 2.24) is 4.67 Å². The van der Waals surface area contributed by atoms with Crippen LogP contribution in [0.2, 0.25) is 0 Å². The second kappa shape index (κ2) is 11.6. The number of nitrogens with zero attached hydrogens (tertiary/aromatic N) is 3. The van der Waals surface area contributed by atoms with Crippen LogP contribution in [0, 0.1) is 20.2 Å². The molecular formula is C24H36N3O10P. The van der Waals surface area contributed by atoms with E-state index >= 15 is 0 Å². The van der Waals surface area contributed by atoms with E-state index in [0.29, 0.717) is 0 Å². The normalized spacial score (nSPS) is 12.8. The molecule has 0 aromatic heterocycles. The number of nitro groups is 2. The first kappa shape index (κ1) is 31.0. The van der Waals surface area contributed by atoms with Crippen molar-refractivity contribution < 1.29 is 38.6 Å². The van der Waals surface area contributed by atoms with Gasteiger partial charge in [-0.25, -0.2) is 0 Å².